The Hall–Kier alpha value is 2.50. The number of hydrogen-bond donors (Lipinski definition) is 0. The van der Waals surface area contributed by atoms with E-state index in [-0.39, 0.29) is 95.5 Å². The first-order valence-electron chi connectivity index (χ1n) is 0. The van der Waals surface area contributed by atoms with Crippen molar-refractivity contribution < 1.29 is 95.5 Å². The Labute approximate surface area is 93.4 Å². The van der Waals surface area contributed by atoms with Crippen LogP contribution in [-0.2, 0) is 16.4 Å². The minimum absolute atomic E-state index is 0. The van der Waals surface area contributed by atoms with Gasteiger partial charge in [0.25, 0.3) is 0 Å². The fourth-order valence-corrected chi connectivity index (χ4v) is 0. The van der Waals surface area contributed by atoms with Crippen molar-refractivity contribution in [3.8, 4) is 0 Å². The summed E-state index contributed by atoms with van der Waals surface area (Å²) in [7, 11) is 0. The summed E-state index contributed by atoms with van der Waals surface area (Å²) in [6, 6.07) is 0. The Bertz CT molecular complexity index is 6.85. The predicted molar refractivity (Wildman–Crippen MR) is 2.06 cm³/mol. The molecule has 0 aromatic heterocycles. The van der Waals surface area contributed by atoms with Crippen molar-refractivity contribution >= 4 is 0 Å². The molecule has 0 heterocycles. The summed E-state index contributed by atoms with van der Waals surface area (Å²) in [5.74, 6) is 0. The summed E-state index contributed by atoms with van der Waals surface area (Å²) in [6.45, 7) is 0. The fourth-order valence-electron chi connectivity index (χ4n) is 0. The van der Waals surface area contributed by atoms with Crippen LogP contribution < -0.4 is 0 Å². The predicted octanol–water partition coefficient (Wildman–Crippen LogP) is -0.356. The second-order valence-corrected chi connectivity index (χ2v) is 0. The smallest absolute Gasteiger partial charge is 2.00 e. The molecule has 0 saturated heterocycles. The standard InChI is InChI=1S/Ce.Er.3O/q2*+3;3*-2. The van der Waals surface area contributed by atoms with Gasteiger partial charge in [0.2, 0.25) is 0 Å². The summed E-state index contributed by atoms with van der Waals surface area (Å²) in [6.07, 6.45) is 0. The molecule has 0 aliphatic rings. The Morgan fingerprint density at radius 1 is 0.600 bits per heavy atom. The summed E-state index contributed by atoms with van der Waals surface area (Å²) >= 11 is 0. The van der Waals surface area contributed by atoms with Crippen molar-refractivity contribution in [2.24, 2.45) is 0 Å². The maximum Gasteiger partial charge on any atom is 3.00 e. The third kappa shape index (κ3) is 21.0. The monoisotopic (exact) mass is 354 g/mol. The van der Waals surface area contributed by atoms with Gasteiger partial charge in [-0.2, -0.15) is 0 Å². The summed E-state index contributed by atoms with van der Waals surface area (Å²) < 4.78 is 0. The second kappa shape index (κ2) is 31.4. The molecule has 0 aliphatic carbocycles. The average Bonchev–Trinajstić information content (AvgIpc) is 0. The Kier molecular flexibility index (Phi) is 318. The van der Waals surface area contributed by atoms with Crippen LogP contribution in [0, 0.1) is 79.1 Å². The molecule has 0 bridgehead atoms. The number of hydrogen-bond acceptors (Lipinski definition) is 0. The molecule has 0 unspecified atom stereocenters. The van der Waals surface area contributed by atoms with E-state index in [1.807, 2.05) is 0 Å². The van der Waals surface area contributed by atoms with Crippen molar-refractivity contribution in [3.05, 3.63) is 0 Å². The molecule has 3 nitrogen and oxygen atoms in total. The van der Waals surface area contributed by atoms with Gasteiger partial charge in [-0.05, 0) is 0 Å². The quantitative estimate of drug-likeness (QED) is 0.569. The van der Waals surface area contributed by atoms with Crippen LogP contribution in [0.25, 0.3) is 0 Å². The van der Waals surface area contributed by atoms with Crippen LogP contribution in [0.1, 0.15) is 0 Å². The summed E-state index contributed by atoms with van der Waals surface area (Å²) in [4.78, 5) is 0. The first-order valence-corrected chi connectivity index (χ1v) is 0. The van der Waals surface area contributed by atoms with Crippen molar-refractivity contribution in [2.75, 3.05) is 0 Å². The Morgan fingerprint density at radius 2 is 0.600 bits per heavy atom. The first-order chi connectivity index (χ1) is 0. The first kappa shape index (κ1) is 50.6. The zero-order valence-electron chi connectivity index (χ0n) is 2.01. The molecule has 0 amide bonds. The molecule has 0 fully saturated rings. The maximum absolute atomic E-state index is 0. The molecule has 0 aliphatic heterocycles. The third-order valence-electron chi connectivity index (χ3n) is 0. The Balaban J connectivity index is 0. The van der Waals surface area contributed by atoms with Gasteiger partial charge in [0, 0.05) is 0 Å². The molecular formula is CeErO3. The van der Waals surface area contributed by atoms with E-state index in [1.165, 1.54) is 0 Å². The summed E-state index contributed by atoms with van der Waals surface area (Å²) in [5, 5.41) is 0. The molecule has 0 spiro atoms. The maximum atomic E-state index is 0. The average molecular weight is 355 g/mol. The van der Waals surface area contributed by atoms with Gasteiger partial charge in [-0.15, -0.1) is 0 Å². The van der Waals surface area contributed by atoms with Crippen molar-refractivity contribution in [1.29, 1.82) is 0 Å². The molecule has 0 saturated carbocycles. The fraction of sp³-hybridized carbons (Fsp3) is 0. The van der Waals surface area contributed by atoms with Crippen molar-refractivity contribution in [2.45, 2.75) is 0 Å². The molecule has 0 atom stereocenters. The van der Waals surface area contributed by atoms with E-state index in [9.17, 15) is 0 Å². The van der Waals surface area contributed by atoms with Crippen LogP contribution in [0.5, 0.6) is 0 Å². The van der Waals surface area contributed by atoms with Crippen LogP contribution in [0.3, 0.4) is 0 Å². The molecule has 0 aromatic carbocycles. The molecule has 5 heavy (non-hydrogen) atoms. The zero-order valence-corrected chi connectivity index (χ0v) is 7.01. The molecule has 2 radical (unpaired) electrons. The van der Waals surface area contributed by atoms with Gasteiger partial charge in [0.15, 0.2) is 0 Å². The molecule has 0 aromatic rings. The molecule has 34 valence electrons. The minimum atomic E-state index is 0. The van der Waals surface area contributed by atoms with Gasteiger partial charge >= 0.3 is 79.1 Å². The zero-order chi connectivity index (χ0) is 0. The van der Waals surface area contributed by atoms with Gasteiger partial charge in [0.1, 0.15) is 0 Å². The van der Waals surface area contributed by atoms with Crippen LogP contribution in [0.15, 0.2) is 0 Å². The van der Waals surface area contributed by atoms with E-state index in [4.69, 9.17) is 0 Å². The van der Waals surface area contributed by atoms with Crippen LogP contribution in [0.4, 0.5) is 0 Å². The largest absolute Gasteiger partial charge is 3.00 e. The molecule has 5 heteroatoms. The van der Waals surface area contributed by atoms with E-state index < -0.39 is 0 Å². The molecule has 0 N–H and O–H groups in total. The van der Waals surface area contributed by atoms with Crippen LogP contribution in [-0.4, -0.2) is 0 Å². The second-order valence-electron chi connectivity index (χ2n) is 0. The summed E-state index contributed by atoms with van der Waals surface area (Å²) in [5.41, 5.74) is 0. The van der Waals surface area contributed by atoms with Crippen molar-refractivity contribution in [1.82, 2.24) is 0 Å². The Morgan fingerprint density at radius 3 is 0.600 bits per heavy atom. The van der Waals surface area contributed by atoms with Gasteiger partial charge in [0.05, 0.1) is 0 Å². The minimum Gasteiger partial charge on any atom is -2.00 e. The van der Waals surface area contributed by atoms with E-state index in [1.54, 1.807) is 0 Å². The van der Waals surface area contributed by atoms with E-state index in [2.05, 4.69) is 0 Å². The van der Waals surface area contributed by atoms with Crippen LogP contribution in [0.2, 0.25) is 0 Å². The third-order valence-corrected chi connectivity index (χ3v) is 0. The topological polar surface area (TPSA) is 85.5 Å². The van der Waals surface area contributed by atoms with Gasteiger partial charge in [-0.3, -0.25) is 0 Å². The molecular weight excluding hydrogens is 355 g/mol. The van der Waals surface area contributed by atoms with E-state index >= 15 is 0 Å². The number of rotatable bonds is 0. The SMILES string of the molecule is [Ce+3].[Er+3].[O-2].[O-2].[O-2]. The van der Waals surface area contributed by atoms with Gasteiger partial charge < -0.3 is 16.4 Å². The van der Waals surface area contributed by atoms with Gasteiger partial charge in [-0.1, -0.05) is 0 Å². The van der Waals surface area contributed by atoms with E-state index in [0.717, 1.165) is 0 Å². The van der Waals surface area contributed by atoms with Crippen LogP contribution >= 0.6 is 0 Å². The molecule has 0 rings (SSSR count). The van der Waals surface area contributed by atoms with Gasteiger partial charge in [-0.25, -0.2) is 0 Å². The normalized spacial score (nSPS) is 0. The van der Waals surface area contributed by atoms with E-state index in [0.29, 0.717) is 0 Å². The van der Waals surface area contributed by atoms with Crippen molar-refractivity contribution in [3.63, 3.8) is 0 Å².